The molecule has 0 spiro atoms. The van der Waals surface area contributed by atoms with Crippen molar-refractivity contribution >= 4 is 11.7 Å². The molecule has 0 bridgehead atoms. The highest BCUT2D eigenvalue weighted by atomic mass is 16.5. The molecular formula is C24H25NO4. The van der Waals surface area contributed by atoms with Crippen molar-refractivity contribution in [1.29, 1.82) is 0 Å². The Morgan fingerprint density at radius 1 is 0.931 bits per heavy atom. The van der Waals surface area contributed by atoms with Crippen LogP contribution in [0.4, 0.5) is 0 Å². The molecule has 1 heterocycles. The van der Waals surface area contributed by atoms with Crippen LogP contribution in [0.1, 0.15) is 47.8 Å². The van der Waals surface area contributed by atoms with Crippen molar-refractivity contribution in [2.75, 3.05) is 14.2 Å². The quantitative estimate of drug-likeness (QED) is 0.855. The molecule has 0 fully saturated rings. The van der Waals surface area contributed by atoms with Gasteiger partial charge in [0.2, 0.25) is 5.91 Å². The number of aryl methyl sites for hydroxylation is 1. The monoisotopic (exact) mass is 391 g/mol. The van der Waals surface area contributed by atoms with E-state index in [2.05, 4.69) is 5.32 Å². The lowest BCUT2D eigenvalue weighted by Crippen LogP contribution is -2.38. The number of ketones is 1. The van der Waals surface area contributed by atoms with Crippen LogP contribution in [-0.2, 0) is 9.59 Å². The Morgan fingerprint density at radius 2 is 1.69 bits per heavy atom. The van der Waals surface area contributed by atoms with E-state index in [-0.39, 0.29) is 23.5 Å². The topological polar surface area (TPSA) is 64.6 Å². The van der Waals surface area contributed by atoms with E-state index in [0.717, 1.165) is 28.0 Å². The Morgan fingerprint density at radius 3 is 2.41 bits per heavy atom. The van der Waals surface area contributed by atoms with E-state index in [1.807, 2.05) is 49.4 Å². The molecule has 1 aliphatic carbocycles. The van der Waals surface area contributed by atoms with Crippen molar-refractivity contribution in [3.63, 3.8) is 0 Å². The first-order valence-electron chi connectivity index (χ1n) is 9.85. The maximum absolute atomic E-state index is 13.2. The number of Topliss-reactive ketones (excluding diaryl/α,β-unsaturated/α-hetero) is 1. The minimum absolute atomic E-state index is 0.00280. The number of hydrogen-bond donors (Lipinski definition) is 1. The van der Waals surface area contributed by atoms with Gasteiger partial charge < -0.3 is 14.8 Å². The summed E-state index contributed by atoms with van der Waals surface area (Å²) in [7, 11) is 3.20. The predicted octanol–water partition coefficient (Wildman–Crippen LogP) is 4.02. The van der Waals surface area contributed by atoms with E-state index in [9.17, 15) is 9.59 Å². The molecule has 5 heteroatoms. The second-order valence-electron chi connectivity index (χ2n) is 7.70. The summed E-state index contributed by atoms with van der Waals surface area (Å²) in [5.74, 6) is 1.21. The van der Waals surface area contributed by atoms with Crippen LogP contribution >= 0.6 is 0 Å². The van der Waals surface area contributed by atoms with Gasteiger partial charge in [-0.05, 0) is 48.1 Å². The summed E-state index contributed by atoms with van der Waals surface area (Å²) in [4.78, 5) is 25.7. The molecule has 0 saturated carbocycles. The number of nitrogens with one attached hydrogen (secondary N) is 1. The van der Waals surface area contributed by atoms with Crippen molar-refractivity contribution < 1.29 is 19.1 Å². The van der Waals surface area contributed by atoms with E-state index in [1.54, 1.807) is 14.2 Å². The van der Waals surface area contributed by atoms with Crippen LogP contribution in [0.3, 0.4) is 0 Å². The standard InChI is InChI=1S/C24H25NO4/c1-14-6-4-5-7-17(14)18-13-23(27)25-19-10-16(11-20(26)24(18)19)15-8-9-21(28-2)22(12-15)29-3/h4-9,12,16,18H,10-11,13H2,1-3H3,(H,25,27)/t16-,18+/m1/s1. The third kappa shape index (κ3) is 3.53. The fraction of sp³-hybridized carbons (Fsp3) is 0.333. The first kappa shape index (κ1) is 19.2. The summed E-state index contributed by atoms with van der Waals surface area (Å²) >= 11 is 0. The summed E-state index contributed by atoms with van der Waals surface area (Å²) in [6.45, 7) is 2.03. The number of benzene rings is 2. The highest BCUT2D eigenvalue weighted by molar-refractivity contribution is 6.02. The molecule has 1 aliphatic heterocycles. The summed E-state index contributed by atoms with van der Waals surface area (Å²) in [6.07, 6.45) is 1.37. The minimum atomic E-state index is -0.168. The van der Waals surface area contributed by atoms with E-state index in [1.165, 1.54) is 0 Å². The maximum Gasteiger partial charge on any atom is 0.225 e. The Labute approximate surface area is 170 Å². The molecule has 2 atom stereocenters. The van der Waals surface area contributed by atoms with Crippen LogP contribution < -0.4 is 14.8 Å². The summed E-state index contributed by atoms with van der Waals surface area (Å²) in [5.41, 5.74) is 4.72. The van der Waals surface area contributed by atoms with Crippen LogP contribution in [0.25, 0.3) is 0 Å². The van der Waals surface area contributed by atoms with Crippen LogP contribution in [-0.4, -0.2) is 25.9 Å². The highest BCUT2D eigenvalue weighted by Gasteiger charge is 2.38. The number of amides is 1. The lowest BCUT2D eigenvalue weighted by Gasteiger charge is -2.35. The minimum Gasteiger partial charge on any atom is -0.493 e. The SMILES string of the molecule is COc1ccc([C@H]2CC(=O)C3=C(C2)NC(=O)C[C@H]3c2ccccc2C)cc1OC. The Kier molecular flexibility index (Phi) is 5.14. The van der Waals surface area contributed by atoms with Gasteiger partial charge in [-0.3, -0.25) is 9.59 Å². The molecule has 1 amide bonds. The third-order valence-electron chi connectivity index (χ3n) is 5.98. The summed E-state index contributed by atoms with van der Waals surface area (Å²) in [6, 6.07) is 13.7. The highest BCUT2D eigenvalue weighted by Crippen LogP contribution is 2.44. The summed E-state index contributed by atoms with van der Waals surface area (Å²) < 4.78 is 10.7. The molecule has 0 unspecified atom stereocenters. The van der Waals surface area contributed by atoms with Gasteiger partial charge in [0, 0.05) is 30.0 Å². The van der Waals surface area contributed by atoms with Gasteiger partial charge in [-0.25, -0.2) is 0 Å². The maximum atomic E-state index is 13.2. The number of carbonyl (C=O) groups excluding carboxylic acids is 2. The van der Waals surface area contributed by atoms with Gasteiger partial charge in [-0.1, -0.05) is 30.3 Å². The van der Waals surface area contributed by atoms with Gasteiger partial charge in [0.15, 0.2) is 17.3 Å². The third-order valence-corrected chi connectivity index (χ3v) is 5.98. The Bertz CT molecular complexity index is 1010. The zero-order valence-corrected chi connectivity index (χ0v) is 17.0. The van der Waals surface area contributed by atoms with Gasteiger partial charge in [-0.2, -0.15) is 0 Å². The molecule has 29 heavy (non-hydrogen) atoms. The second kappa shape index (κ2) is 7.74. The zero-order valence-electron chi connectivity index (χ0n) is 17.0. The van der Waals surface area contributed by atoms with Crippen molar-refractivity contribution in [1.82, 2.24) is 5.32 Å². The number of hydrogen-bond acceptors (Lipinski definition) is 4. The number of ether oxygens (including phenoxy) is 2. The largest absolute Gasteiger partial charge is 0.493 e. The smallest absolute Gasteiger partial charge is 0.225 e. The fourth-order valence-electron chi connectivity index (χ4n) is 4.55. The normalized spacial score (nSPS) is 21.5. The second-order valence-corrected chi connectivity index (χ2v) is 7.70. The molecule has 4 rings (SSSR count). The van der Waals surface area contributed by atoms with Crippen molar-refractivity contribution in [2.45, 2.75) is 38.0 Å². The Hall–Kier alpha value is -3.08. The molecule has 5 nitrogen and oxygen atoms in total. The molecule has 0 saturated heterocycles. The molecule has 0 radical (unpaired) electrons. The molecule has 2 aliphatic rings. The van der Waals surface area contributed by atoms with Gasteiger partial charge in [0.1, 0.15) is 0 Å². The number of allylic oxidation sites excluding steroid dienone is 2. The van der Waals surface area contributed by atoms with Gasteiger partial charge in [-0.15, -0.1) is 0 Å². The summed E-state index contributed by atoms with van der Waals surface area (Å²) in [5, 5.41) is 2.98. The Balaban J connectivity index is 1.71. The van der Waals surface area contributed by atoms with Crippen LogP contribution in [0, 0.1) is 6.92 Å². The fourth-order valence-corrected chi connectivity index (χ4v) is 4.55. The van der Waals surface area contributed by atoms with Gasteiger partial charge >= 0.3 is 0 Å². The van der Waals surface area contributed by atoms with Gasteiger partial charge in [0.05, 0.1) is 14.2 Å². The first-order chi connectivity index (χ1) is 14.0. The van der Waals surface area contributed by atoms with Crippen LogP contribution in [0.2, 0.25) is 0 Å². The van der Waals surface area contributed by atoms with Gasteiger partial charge in [0.25, 0.3) is 0 Å². The zero-order chi connectivity index (χ0) is 20.5. The van der Waals surface area contributed by atoms with E-state index in [0.29, 0.717) is 30.8 Å². The molecule has 0 aromatic heterocycles. The molecule has 1 N–H and O–H groups in total. The van der Waals surface area contributed by atoms with Crippen molar-refractivity contribution in [2.24, 2.45) is 0 Å². The first-order valence-corrected chi connectivity index (χ1v) is 9.85. The number of rotatable bonds is 4. The van der Waals surface area contributed by atoms with Crippen LogP contribution in [0.5, 0.6) is 11.5 Å². The average Bonchev–Trinajstić information content (AvgIpc) is 2.72. The lowest BCUT2D eigenvalue weighted by atomic mass is 9.73. The van der Waals surface area contributed by atoms with E-state index >= 15 is 0 Å². The lowest BCUT2D eigenvalue weighted by molar-refractivity contribution is -0.122. The molecule has 150 valence electrons. The molecular weight excluding hydrogens is 366 g/mol. The predicted molar refractivity (Wildman–Crippen MR) is 110 cm³/mol. The van der Waals surface area contributed by atoms with Crippen LogP contribution in [0.15, 0.2) is 53.7 Å². The van der Waals surface area contributed by atoms with Crippen molar-refractivity contribution in [3.05, 3.63) is 70.4 Å². The molecule has 2 aromatic rings. The van der Waals surface area contributed by atoms with Crippen molar-refractivity contribution in [3.8, 4) is 11.5 Å². The number of carbonyl (C=O) groups is 2. The molecule has 2 aromatic carbocycles. The average molecular weight is 391 g/mol. The van der Waals surface area contributed by atoms with E-state index < -0.39 is 0 Å². The number of methoxy groups -OCH3 is 2. The van der Waals surface area contributed by atoms with E-state index in [4.69, 9.17) is 9.47 Å².